The van der Waals surface area contributed by atoms with E-state index < -0.39 is 11.6 Å². The van der Waals surface area contributed by atoms with Crippen LogP contribution in [0.3, 0.4) is 0 Å². The standard InChI is InChI=1S/C27H28O6/c1-7-30-26(29)24-19-13-18(8-9-20(19)33-25(24)27(4,5)6)31-14-17-12-22(28)32-21-11-15(2)10-16(3)23(17)21/h8-13H,7,14H2,1-6H3. The van der Waals surface area contributed by atoms with Crippen molar-refractivity contribution in [2.75, 3.05) is 6.61 Å². The van der Waals surface area contributed by atoms with Gasteiger partial charge in [0.15, 0.2) is 0 Å². The number of furan rings is 1. The van der Waals surface area contributed by atoms with Crippen LogP contribution in [0, 0.1) is 13.8 Å². The zero-order valence-electron chi connectivity index (χ0n) is 19.8. The fraction of sp³-hybridized carbons (Fsp3) is 0.333. The molecule has 172 valence electrons. The van der Waals surface area contributed by atoms with Crippen LogP contribution in [0.2, 0.25) is 0 Å². The molecule has 0 unspecified atom stereocenters. The molecule has 2 heterocycles. The number of benzene rings is 2. The molecule has 0 saturated carbocycles. The molecule has 4 aromatic rings. The van der Waals surface area contributed by atoms with Gasteiger partial charge in [0.25, 0.3) is 0 Å². The largest absolute Gasteiger partial charge is 0.489 e. The lowest BCUT2D eigenvalue weighted by Gasteiger charge is -2.16. The number of rotatable bonds is 5. The van der Waals surface area contributed by atoms with Gasteiger partial charge in [0.2, 0.25) is 0 Å². The normalized spacial score (nSPS) is 11.8. The predicted octanol–water partition coefficient (Wildman–Crippen LogP) is 6.21. The van der Waals surface area contributed by atoms with Crippen molar-refractivity contribution in [1.82, 2.24) is 0 Å². The Hall–Kier alpha value is -3.54. The first-order valence-electron chi connectivity index (χ1n) is 11.0. The molecule has 33 heavy (non-hydrogen) atoms. The van der Waals surface area contributed by atoms with Gasteiger partial charge in [0.1, 0.15) is 34.8 Å². The molecule has 0 fully saturated rings. The summed E-state index contributed by atoms with van der Waals surface area (Å²) in [7, 11) is 0. The molecule has 4 rings (SSSR count). The molecular weight excluding hydrogens is 420 g/mol. The molecule has 6 nitrogen and oxygen atoms in total. The summed E-state index contributed by atoms with van der Waals surface area (Å²) in [5.74, 6) is 0.710. The minimum Gasteiger partial charge on any atom is -0.489 e. The van der Waals surface area contributed by atoms with Gasteiger partial charge in [-0.1, -0.05) is 26.8 Å². The van der Waals surface area contributed by atoms with Gasteiger partial charge in [-0.2, -0.15) is 0 Å². The Morgan fingerprint density at radius 1 is 1.00 bits per heavy atom. The Morgan fingerprint density at radius 2 is 1.76 bits per heavy atom. The molecule has 0 aliphatic carbocycles. The minimum atomic E-state index is -0.421. The first-order valence-corrected chi connectivity index (χ1v) is 11.0. The maximum Gasteiger partial charge on any atom is 0.342 e. The minimum absolute atomic E-state index is 0.177. The summed E-state index contributed by atoms with van der Waals surface area (Å²) in [6.45, 7) is 12.1. The quantitative estimate of drug-likeness (QED) is 0.267. The van der Waals surface area contributed by atoms with Crippen LogP contribution in [0.15, 0.2) is 50.0 Å². The second kappa shape index (κ2) is 8.43. The Kier molecular flexibility index (Phi) is 5.78. The number of ether oxygens (including phenoxy) is 2. The van der Waals surface area contributed by atoms with E-state index in [0.29, 0.717) is 33.6 Å². The molecule has 0 bridgehead atoms. The Balaban J connectivity index is 1.74. The molecule has 0 aliphatic heterocycles. The van der Waals surface area contributed by atoms with Crippen LogP contribution in [0.25, 0.3) is 21.9 Å². The van der Waals surface area contributed by atoms with Gasteiger partial charge in [0.05, 0.1) is 6.61 Å². The van der Waals surface area contributed by atoms with E-state index in [1.165, 1.54) is 6.07 Å². The fourth-order valence-corrected chi connectivity index (χ4v) is 4.15. The molecule has 0 aliphatic rings. The van der Waals surface area contributed by atoms with E-state index in [4.69, 9.17) is 18.3 Å². The highest BCUT2D eigenvalue weighted by molar-refractivity contribution is 6.05. The van der Waals surface area contributed by atoms with Crippen molar-refractivity contribution in [2.24, 2.45) is 0 Å². The summed E-state index contributed by atoms with van der Waals surface area (Å²) in [5, 5.41) is 1.51. The number of carbonyl (C=O) groups is 1. The number of carbonyl (C=O) groups excluding carboxylic acids is 1. The fourth-order valence-electron chi connectivity index (χ4n) is 4.15. The van der Waals surface area contributed by atoms with Gasteiger partial charge >= 0.3 is 11.6 Å². The van der Waals surface area contributed by atoms with Gasteiger partial charge < -0.3 is 18.3 Å². The van der Waals surface area contributed by atoms with Crippen molar-refractivity contribution in [3.8, 4) is 5.75 Å². The lowest BCUT2D eigenvalue weighted by Crippen LogP contribution is -2.16. The van der Waals surface area contributed by atoms with E-state index in [1.54, 1.807) is 25.1 Å². The molecule has 0 spiro atoms. The van der Waals surface area contributed by atoms with Crippen LogP contribution in [0.5, 0.6) is 5.75 Å². The summed E-state index contributed by atoms with van der Waals surface area (Å²) < 4.78 is 22.8. The number of fused-ring (bicyclic) bond motifs is 2. The van der Waals surface area contributed by atoms with Crippen LogP contribution in [-0.4, -0.2) is 12.6 Å². The van der Waals surface area contributed by atoms with Crippen molar-refractivity contribution in [1.29, 1.82) is 0 Å². The van der Waals surface area contributed by atoms with Crippen molar-refractivity contribution in [3.05, 3.63) is 74.8 Å². The molecular formula is C27H28O6. The zero-order valence-corrected chi connectivity index (χ0v) is 19.8. The average molecular weight is 449 g/mol. The third-order valence-electron chi connectivity index (χ3n) is 5.48. The van der Waals surface area contributed by atoms with Crippen molar-refractivity contribution < 1.29 is 23.1 Å². The second-order valence-corrected chi connectivity index (χ2v) is 9.27. The lowest BCUT2D eigenvalue weighted by molar-refractivity contribution is 0.0523. The molecule has 0 saturated heterocycles. The van der Waals surface area contributed by atoms with Gasteiger partial charge in [-0.3, -0.25) is 0 Å². The van der Waals surface area contributed by atoms with Crippen LogP contribution in [0.4, 0.5) is 0 Å². The monoisotopic (exact) mass is 448 g/mol. The van der Waals surface area contributed by atoms with Gasteiger partial charge in [-0.05, 0) is 56.2 Å². The van der Waals surface area contributed by atoms with Gasteiger partial charge in [-0.25, -0.2) is 9.59 Å². The lowest BCUT2D eigenvalue weighted by atomic mass is 9.89. The highest BCUT2D eigenvalue weighted by atomic mass is 16.5. The summed E-state index contributed by atoms with van der Waals surface area (Å²) in [6, 6.07) is 10.7. The molecule has 0 radical (unpaired) electrons. The molecule has 6 heteroatoms. The molecule has 2 aromatic carbocycles. The third-order valence-corrected chi connectivity index (χ3v) is 5.48. The molecule has 0 amide bonds. The first kappa shape index (κ1) is 22.6. The van der Waals surface area contributed by atoms with Gasteiger partial charge in [-0.15, -0.1) is 0 Å². The Bertz CT molecular complexity index is 1410. The zero-order chi connectivity index (χ0) is 23.9. The van der Waals surface area contributed by atoms with E-state index in [2.05, 4.69) is 0 Å². The topological polar surface area (TPSA) is 78.9 Å². The summed E-state index contributed by atoms with van der Waals surface area (Å²) in [5.41, 5.74) is 3.53. The smallest absolute Gasteiger partial charge is 0.342 e. The number of aryl methyl sites for hydroxylation is 2. The van der Waals surface area contributed by atoms with Gasteiger partial charge in [0, 0.05) is 27.8 Å². The highest BCUT2D eigenvalue weighted by Crippen LogP contribution is 2.36. The van der Waals surface area contributed by atoms with Crippen LogP contribution >= 0.6 is 0 Å². The van der Waals surface area contributed by atoms with Crippen LogP contribution in [0.1, 0.15) is 60.5 Å². The van der Waals surface area contributed by atoms with Crippen molar-refractivity contribution in [3.63, 3.8) is 0 Å². The van der Waals surface area contributed by atoms with E-state index >= 15 is 0 Å². The summed E-state index contributed by atoms with van der Waals surface area (Å²) >= 11 is 0. The van der Waals surface area contributed by atoms with E-state index in [1.807, 2.05) is 46.8 Å². The summed E-state index contributed by atoms with van der Waals surface area (Å²) in [4.78, 5) is 24.9. The SMILES string of the molecule is CCOC(=O)c1c(C(C)(C)C)oc2ccc(OCc3cc(=O)oc4cc(C)cc(C)c34)cc12. The van der Waals surface area contributed by atoms with Crippen LogP contribution < -0.4 is 10.4 Å². The maximum atomic E-state index is 12.8. The number of esters is 1. The molecule has 0 atom stereocenters. The highest BCUT2D eigenvalue weighted by Gasteiger charge is 2.30. The van der Waals surface area contributed by atoms with E-state index in [-0.39, 0.29) is 18.6 Å². The number of hydrogen-bond donors (Lipinski definition) is 0. The Labute approximate surface area is 192 Å². The molecule has 2 aromatic heterocycles. The van der Waals surface area contributed by atoms with E-state index in [9.17, 15) is 9.59 Å². The van der Waals surface area contributed by atoms with Crippen LogP contribution in [-0.2, 0) is 16.8 Å². The number of hydrogen-bond acceptors (Lipinski definition) is 6. The van der Waals surface area contributed by atoms with Crippen molar-refractivity contribution >= 4 is 27.9 Å². The maximum absolute atomic E-state index is 12.8. The Morgan fingerprint density at radius 3 is 2.45 bits per heavy atom. The summed E-state index contributed by atoms with van der Waals surface area (Å²) in [6.07, 6.45) is 0. The average Bonchev–Trinajstić information content (AvgIpc) is 3.11. The molecule has 0 N–H and O–H groups in total. The second-order valence-electron chi connectivity index (χ2n) is 9.27. The predicted molar refractivity (Wildman–Crippen MR) is 127 cm³/mol. The van der Waals surface area contributed by atoms with E-state index in [0.717, 1.165) is 22.1 Å². The first-order chi connectivity index (χ1) is 15.6. The third kappa shape index (κ3) is 4.38. The van der Waals surface area contributed by atoms with Crippen molar-refractivity contribution in [2.45, 2.75) is 53.6 Å².